The fraction of sp³-hybridized carbons (Fsp3) is 0.400. The molecule has 4 nitrogen and oxygen atoms in total. The van der Waals surface area contributed by atoms with Crippen LogP contribution in [0.15, 0.2) is 24.4 Å². The van der Waals surface area contributed by atoms with Crippen LogP contribution in [0.5, 0.6) is 0 Å². The van der Waals surface area contributed by atoms with Crippen LogP contribution in [-0.4, -0.2) is 30.5 Å². The highest BCUT2D eigenvalue weighted by Crippen LogP contribution is 2.16. The summed E-state index contributed by atoms with van der Waals surface area (Å²) in [5.74, 6) is 0.989. The Labute approximate surface area is 82.9 Å². The number of anilines is 1. The van der Waals surface area contributed by atoms with E-state index in [0.29, 0.717) is 0 Å². The van der Waals surface area contributed by atoms with Gasteiger partial charge in [0.25, 0.3) is 0 Å². The third-order valence-corrected chi connectivity index (χ3v) is 2.47. The lowest BCUT2D eigenvalue weighted by Gasteiger charge is -2.16. The van der Waals surface area contributed by atoms with E-state index in [-0.39, 0.29) is 6.04 Å². The van der Waals surface area contributed by atoms with Crippen molar-refractivity contribution >= 4 is 12.2 Å². The zero-order valence-corrected chi connectivity index (χ0v) is 7.89. The van der Waals surface area contributed by atoms with Gasteiger partial charge in [-0.25, -0.2) is 4.98 Å². The third kappa shape index (κ3) is 1.84. The zero-order chi connectivity index (χ0) is 9.80. The van der Waals surface area contributed by atoms with Crippen molar-refractivity contribution in [2.75, 3.05) is 18.0 Å². The lowest BCUT2D eigenvalue weighted by Crippen LogP contribution is -2.31. The van der Waals surface area contributed by atoms with E-state index >= 15 is 0 Å². The predicted molar refractivity (Wildman–Crippen MR) is 54.1 cm³/mol. The van der Waals surface area contributed by atoms with E-state index in [4.69, 9.17) is 0 Å². The molecule has 0 spiro atoms. The van der Waals surface area contributed by atoms with Gasteiger partial charge in [-0.15, -0.1) is 0 Å². The molecule has 1 atom stereocenters. The number of rotatable bonds is 3. The first-order valence-electron chi connectivity index (χ1n) is 4.76. The second-order valence-corrected chi connectivity index (χ2v) is 3.40. The molecule has 1 saturated heterocycles. The smallest absolute Gasteiger partial charge is 0.207 e. The minimum absolute atomic E-state index is 0.273. The Bertz CT molecular complexity index is 301. The van der Waals surface area contributed by atoms with Crippen molar-refractivity contribution in [3.8, 4) is 0 Å². The first kappa shape index (κ1) is 8.99. The summed E-state index contributed by atoms with van der Waals surface area (Å²) in [6.45, 7) is 1.82. The van der Waals surface area contributed by atoms with Crippen LogP contribution >= 0.6 is 0 Å². The molecule has 1 fully saturated rings. The first-order chi connectivity index (χ1) is 6.90. The largest absolute Gasteiger partial charge is 0.354 e. The van der Waals surface area contributed by atoms with Gasteiger partial charge in [-0.1, -0.05) is 6.07 Å². The molecule has 0 bridgehead atoms. The average molecular weight is 191 g/mol. The van der Waals surface area contributed by atoms with Gasteiger partial charge >= 0.3 is 0 Å². The van der Waals surface area contributed by atoms with Crippen molar-refractivity contribution < 1.29 is 4.79 Å². The minimum Gasteiger partial charge on any atom is -0.354 e. The van der Waals surface area contributed by atoms with Crippen LogP contribution in [0.25, 0.3) is 0 Å². The van der Waals surface area contributed by atoms with Gasteiger partial charge < -0.3 is 10.2 Å². The second-order valence-electron chi connectivity index (χ2n) is 3.40. The highest BCUT2D eigenvalue weighted by atomic mass is 16.1. The summed E-state index contributed by atoms with van der Waals surface area (Å²) in [6.07, 6.45) is 3.55. The van der Waals surface area contributed by atoms with E-state index in [1.165, 1.54) is 0 Å². The lowest BCUT2D eigenvalue weighted by molar-refractivity contribution is -0.110. The number of amides is 1. The van der Waals surface area contributed by atoms with Crippen LogP contribution in [0, 0.1) is 0 Å². The van der Waals surface area contributed by atoms with Gasteiger partial charge in [0, 0.05) is 25.3 Å². The van der Waals surface area contributed by atoms with Crippen molar-refractivity contribution in [2.45, 2.75) is 12.5 Å². The molecule has 74 valence electrons. The summed E-state index contributed by atoms with van der Waals surface area (Å²) in [7, 11) is 0. The predicted octanol–water partition coefficient (Wildman–Crippen LogP) is 0.406. The Balaban J connectivity index is 1.99. The molecule has 2 rings (SSSR count). The van der Waals surface area contributed by atoms with Gasteiger partial charge in [0.15, 0.2) is 0 Å². The Kier molecular flexibility index (Phi) is 2.62. The molecule has 1 aromatic heterocycles. The monoisotopic (exact) mass is 191 g/mol. The van der Waals surface area contributed by atoms with E-state index in [1.807, 2.05) is 18.2 Å². The van der Waals surface area contributed by atoms with E-state index in [1.54, 1.807) is 6.20 Å². The van der Waals surface area contributed by atoms with Crippen molar-refractivity contribution in [1.29, 1.82) is 0 Å². The fourth-order valence-electron chi connectivity index (χ4n) is 1.74. The quantitative estimate of drug-likeness (QED) is 0.704. The highest BCUT2D eigenvalue weighted by Gasteiger charge is 2.22. The number of hydrogen-bond donors (Lipinski definition) is 1. The number of carbonyl (C=O) groups excluding carboxylic acids is 1. The molecule has 1 amide bonds. The number of pyridine rings is 1. The summed E-state index contributed by atoms with van der Waals surface area (Å²) in [6, 6.07) is 6.14. The summed E-state index contributed by atoms with van der Waals surface area (Å²) < 4.78 is 0. The third-order valence-electron chi connectivity index (χ3n) is 2.47. The summed E-state index contributed by atoms with van der Waals surface area (Å²) in [4.78, 5) is 16.7. The Morgan fingerprint density at radius 3 is 3.21 bits per heavy atom. The van der Waals surface area contributed by atoms with E-state index in [9.17, 15) is 4.79 Å². The summed E-state index contributed by atoms with van der Waals surface area (Å²) >= 11 is 0. The molecule has 1 aromatic rings. The molecule has 1 unspecified atom stereocenters. The average Bonchev–Trinajstić information content (AvgIpc) is 2.68. The number of hydrogen-bond acceptors (Lipinski definition) is 3. The van der Waals surface area contributed by atoms with Crippen molar-refractivity contribution in [1.82, 2.24) is 10.3 Å². The molecule has 14 heavy (non-hydrogen) atoms. The maximum Gasteiger partial charge on any atom is 0.207 e. The summed E-state index contributed by atoms with van der Waals surface area (Å²) in [5, 5.41) is 2.79. The van der Waals surface area contributed by atoms with Gasteiger partial charge in [-0.2, -0.15) is 0 Å². The first-order valence-corrected chi connectivity index (χ1v) is 4.76. The molecule has 4 heteroatoms. The molecule has 1 aliphatic rings. The number of aromatic nitrogens is 1. The van der Waals surface area contributed by atoms with Crippen LogP contribution in [0.4, 0.5) is 5.82 Å². The molecule has 1 aliphatic heterocycles. The second kappa shape index (κ2) is 4.09. The fourth-order valence-corrected chi connectivity index (χ4v) is 1.74. The Morgan fingerprint density at radius 2 is 2.50 bits per heavy atom. The normalized spacial score (nSPS) is 20.9. The molecule has 0 saturated carbocycles. The maximum atomic E-state index is 10.3. The van der Waals surface area contributed by atoms with Crippen molar-refractivity contribution in [3.05, 3.63) is 24.4 Å². The molecule has 0 radical (unpaired) electrons. The maximum absolute atomic E-state index is 10.3. The standard InChI is InChI=1S/C10H13N3O/c14-8-12-9-4-6-13(7-9)10-3-1-2-5-11-10/h1-3,5,8-9H,4,6-7H2,(H,12,14). The van der Waals surface area contributed by atoms with E-state index < -0.39 is 0 Å². The molecule has 0 aromatic carbocycles. The van der Waals surface area contributed by atoms with Crippen LogP contribution in [0.3, 0.4) is 0 Å². The van der Waals surface area contributed by atoms with Gasteiger partial charge in [0.1, 0.15) is 5.82 Å². The van der Waals surface area contributed by atoms with Crippen LogP contribution in [0.1, 0.15) is 6.42 Å². The van der Waals surface area contributed by atoms with Gasteiger partial charge in [0.2, 0.25) is 6.41 Å². The van der Waals surface area contributed by atoms with Gasteiger partial charge in [-0.3, -0.25) is 4.79 Å². The number of carbonyl (C=O) groups is 1. The van der Waals surface area contributed by atoms with E-state index in [0.717, 1.165) is 31.7 Å². The van der Waals surface area contributed by atoms with Crippen LogP contribution < -0.4 is 10.2 Å². The highest BCUT2D eigenvalue weighted by molar-refractivity contribution is 5.48. The number of nitrogens with zero attached hydrogens (tertiary/aromatic N) is 2. The molecular weight excluding hydrogens is 178 g/mol. The summed E-state index contributed by atoms with van der Waals surface area (Å²) in [5.41, 5.74) is 0. The Hall–Kier alpha value is -1.58. The minimum atomic E-state index is 0.273. The molecule has 0 aliphatic carbocycles. The van der Waals surface area contributed by atoms with Gasteiger partial charge in [-0.05, 0) is 18.6 Å². The van der Waals surface area contributed by atoms with E-state index in [2.05, 4.69) is 15.2 Å². The molecular formula is C10H13N3O. The molecule has 2 heterocycles. The van der Waals surface area contributed by atoms with Crippen molar-refractivity contribution in [3.63, 3.8) is 0 Å². The Morgan fingerprint density at radius 1 is 1.57 bits per heavy atom. The van der Waals surface area contributed by atoms with Crippen LogP contribution in [-0.2, 0) is 4.79 Å². The lowest BCUT2D eigenvalue weighted by atomic mass is 10.3. The SMILES string of the molecule is O=CNC1CCN(c2ccccn2)C1. The van der Waals surface area contributed by atoms with Crippen LogP contribution in [0.2, 0.25) is 0 Å². The number of nitrogens with one attached hydrogen (secondary N) is 1. The van der Waals surface area contributed by atoms with Crippen molar-refractivity contribution in [2.24, 2.45) is 0 Å². The molecule has 1 N–H and O–H groups in total. The topological polar surface area (TPSA) is 45.2 Å². The van der Waals surface area contributed by atoms with Gasteiger partial charge in [0.05, 0.1) is 0 Å². The zero-order valence-electron chi connectivity index (χ0n) is 7.89.